The van der Waals surface area contributed by atoms with Crippen molar-refractivity contribution in [3.63, 3.8) is 0 Å². The first kappa shape index (κ1) is 12.3. The van der Waals surface area contributed by atoms with Crippen molar-refractivity contribution in [2.75, 3.05) is 18.0 Å². The molecule has 2 rings (SSSR count). The van der Waals surface area contributed by atoms with Crippen LogP contribution in [-0.2, 0) is 0 Å². The van der Waals surface area contributed by atoms with Crippen LogP contribution in [0.4, 0.5) is 5.82 Å². The molecule has 17 heavy (non-hydrogen) atoms. The van der Waals surface area contributed by atoms with Crippen LogP contribution in [0.1, 0.15) is 31.8 Å². The molecule has 1 aliphatic rings. The molecule has 4 nitrogen and oxygen atoms in total. The molecule has 0 aliphatic carbocycles. The molecule has 1 fully saturated rings. The molecule has 0 amide bonds. The second-order valence-electron chi connectivity index (χ2n) is 5.72. The number of hydrogen-bond acceptors (Lipinski definition) is 4. The van der Waals surface area contributed by atoms with Gasteiger partial charge in [-0.25, -0.2) is 9.97 Å². The van der Waals surface area contributed by atoms with E-state index in [0.717, 1.165) is 36.8 Å². The van der Waals surface area contributed by atoms with Crippen molar-refractivity contribution in [2.24, 2.45) is 11.1 Å². The lowest BCUT2D eigenvalue weighted by Crippen LogP contribution is -2.52. The quantitative estimate of drug-likeness (QED) is 0.803. The maximum Gasteiger partial charge on any atom is 0.132 e. The summed E-state index contributed by atoms with van der Waals surface area (Å²) in [5, 5.41) is 0. The van der Waals surface area contributed by atoms with Gasteiger partial charge in [0.25, 0.3) is 0 Å². The minimum atomic E-state index is 0.144. The summed E-state index contributed by atoms with van der Waals surface area (Å²) in [4.78, 5) is 11.2. The van der Waals surface area contributed by atoms with Crippen LogP contribution in [0.5, 0.6) is 0 Å². The van der Waals surface area contributed by atoms with Crippen LogP contribution < -0.4 is 10.6 Å². The molecule has 0 radical (unpaired) electrons. The first-order valence-electron chi connectivity index (χ1n) is 6.21. The Labute approximate surface area is 103 Å². The predicted octanol–water partition coefficient (Wildman–Crippen LogP) is 1.66. The summed E-state index contributed by atoms with van der Waals surface area (Å²) in [6.45, 7) is 10.4. The van der Waals surface area contributed by atoms with Gasteiger partial charge in [0.2, 0.25) is 0 Å². The van der Waals surface area contributed by atoms with E-state index in [1.807, 2.05) is 13.8 Å². The maximum atomic E-state index is 6.15. The highest BCUT2D eigenvalue weighted by Gasteiger charge is 2.33. The number of nitrogens with zero attached hydrogens (tertiary/aromatic N) is 3. The van der Waals surface area contributed by atoms with Gasteiger partial charge < -0.3 is 10.6 Å². The lowest BCUT2D eigenvalue weighted by atomic mass is 9.80. The van der Waals surface area contributed by atoms with Crippen molar-refractivity contribution in [1.82, 2.24) is 9.97 Å². The largest absolute Gasteiger partial charge is 0.356 e. The molecule has 0 aromatic carbocycles. The van der Waals surface area contributed by atoms with Crippen LogP contribution in [-0.4, -0.2) is 29.1 Å². The van der Waals surface area contributed by atoms with E-state index >= 15 is 0 Å². The van der Waals surface area contributed by atoms with E-state index in [2.05, 4.69) is 34.8 Å². The van der Waals surface area contributed by atoms with Crippen LogP contribution in [0.2, 0.25) is 0 Å². The van der Waals surface area contributed by atoms with Crippen LogP contribution in [0, 0.1) is 19.3 Å². The molecular formula is C13H22N4. The molecular weight excluding hydrogens is 212 g/mol. The highest BCUT2D eigenvalue weighted by atomic mass is 15.2. The van der Waals surface area contributed by atoms with Crippen molar-refractivity contribution in [1.29, 1.82) is 0 Å². The Morgan fingerprint density at radius 2 is 2.06 bits per heavy atom. The predicted molar refractivity (Wildman–Crippen MR) is 70.1 cm³/mol. The molecule has 1 unspecified atom stereocenters. The normalized spacial score (nSPS) is 23.8. The summed E-state index contributed by atoms with van der Waals surface area (Å²) in [7, 11) is 0. The molecule has 0 spiro atoms. The van der Waals surface area contributed by atoms with E-state index < -0.39 is 0 Å². The first-order chi connectivity index (χ1) is 7.88. The minimum absolute atomic E-state index is 0.144. The van der Waals surface area contributed by atoms with E-state index in [-0.39, 0.29) is 11.5 Å². The number of nitrogens with two attached hydrogens (primary N) is 1. The lowest BCUT2D eigenvalue weighted by molar-refractivity contribution is 0.244. The highest BCUT2D eigenvalue weighted by Crippen LogP contribution is 2.30. The smallest absolute Gasteiger partial charge is 0.132 e. The second-order valence-corrected chi connectivity index (χ2v) is 5.72. The summed E-state index contributed by atoms with van der Waals surface area (Å²) < 4.78 is 0. The molecule has 0 bridgehead atoms. The third kappa shape index (κ3) is 2.57. The Hall–Kier alpha value is -1.16. The zero-order valence-corrected chi connectivity index (χ0v) is 11.2. The molecule has 1 atom stereocenters. The fraction of sp³-hybridized carbons (Fsp3) is 0.692. The number of aromatic nitrogens is 2. The summed E-state index contributed by atoms with van der Waals surface area (Å²) >= 11 is 0. The van der Waals surface area contributed by atoms with Gasteiger partial charge in [0.1, 0.15) is 11.6 Å². The molecule has 1 aliphatic heterocycles. The van der Waals surface area contributed by atoms with Gasteiger partial charge in [0.15, 0.2) is 0 Å². The Bertz CT molecular complexity index is 394. The van der Waals surface area contributed by atoms with Gasteiger partial charge in [-0.3, -0.25) is 0 Å². The first-order valence-corrected chi connectivity index (χ1v) is 6.21. The Kier molecular flexibility index (Phi) is 3.08. The SMILES string of the molecule is Cc1cc(N2CCC(N)C(C)(C)C2)nc(C)n1. The minimum Gasteiger partial charge on any atom is -0.356 e. The van der Waals surface area contributed by atoms with Crippen LogP contribution >= 0.6 is 0 Å². The third-order valence-corrected chi connectivity index (χ3v) is 3.59. The summed E-state index contributed by atoms with van der Waals surface area (Å²) in [6.07, 6.45) is 1.02. The standard InChI is InChI=1S/C13H22N4/c1-9-7-12(16-10(2)15-9)17-6-5-11(14)13(3,4)8-17/h7,11H,5-6,8,14H2,1-4H3. The number of rotatable bonds is 1. The summed E-state index contributed by atoms with van der Waals surface area (Å²) in [5.41, 5.74) is 7.32. The van der Waals surface area contributed by atoms with Crippen molar-refractivity contribution in [3.8, 4) is 0 Å². The number of piperidine rings is 1. The second kappa shape index (κ2) is 4.26. The summed E-state index contributed by atoms with van der Waals surface area (Å²) in [5.74, 6) is 1.88. The number of hydrogen-bond donors (Lipinski definition) is 1. The van der Waals surface area contributed by atoms with Gasteiger partial charge in [-0.05, 0) is 25.7 Å². The maximum absolute atomic E-state index is 6.15. The zero-order chi connectivity index (χ0) is 12.6. The zero-order valence-electron chi connectivity index (χ0n) is 11.2. The van der Waals surface area contributed by atoms with E-state index in [1.54, 1.807) is 0 Å². The van der Waals surface area contributed by atoms with Gasteiger partial charge in [-0.1, -0.05) is 13.8 Å². The number of aryl methyl sites for hydroxylation is 2. The fourth-order valence-corrected chi connectivity index (χ4v) is 2.43. The third-order valence-electron chi connectivity index (χ3n) is 3.59. The van der Waals surface area contributed by atoms with Gasteiger partial charge in [0.05, 0.1) is 0 Å². The Morgan fingerprint density at radius 3 is 2.65 bits per heavy atom. The van der Waals surface area contributed by atoms with E-state index in [1.165, 1.54) is 0 Å². The van der Waals surface area contributed by atoms with Crippen molar-refractivity contribution >= 4 is 5.82 Å². The monoisotopic (exact) mass is 234 g/mol. The lowest BCUT2D eigenvalue weighted by Gasteiger charge is -2.43. The Balaban J connectivity index is 2.23. The molecule has 4 heteroatoms. The topological polar surface area (TPSA) is 55.0 Å². The van der Waals surface area contributed by atoms with Crippen molar-refractivity contribution < 1.29 is 0 Å². The fourth-order valence-electron chi connectivity index (χ4n) is 2.43. The highest BCUT2D eigenvalue weighted by molar-refractivity contribution is 5.41. The van der Waals surface area contributed by atoms with Crippen molar-refractivity contribution in [3.05, 3.63) is 17.6 Å². The average molecular weight is 234 g/mol. The van der Waals surface area contributed by atoms with Crippen LogP contribution in [0.15, 0.2) is 6.07 Å². The van der Waals surface area contributed by atoms with Crippen molar-refractivity contribution in [2.45, 2.75) is 40.2 Å². The van der Waals surface area contributed by atoms with Gasteiger partial charge in [-0.15, -0.1) is 0 Å². The van der Waals surface area contributed by atoms with E-state index in [0.29, 0.717) is 0 Å². The van der Waals surface area contributed by atoms with Gasteiger partial charge in [-0.2, -0.15) is 0 Å². The van der Waals surface area contributed by atoms with Crippen LogP contribution in [0.25, 0.3) is 0 Å². The average Bonchev–Trinajstić information content (AvgIpc) is 2.20. The van der Waals surface area contributed by atoms with Gasteiger partial charge in [0, 0.05) is 30.9 Å². The molecule has 1 aromatic heterocycles. The number of anilines is 1. The molecule has 94 valence electrons. The van der Waals surface area contributed by atoms with Crippen LogP contribution in [0.3, 0.4) is 0 Å². The molecule has 1 aromatic rings. The molecule has 0 saturated carbocycles. The summed E-state index contributed by atoms with van der Waals surface area (Å²) in [6, 6.07) is 2.34. The van der Waals surface area contributed by atoms with E-state index in [4.69, 9.17) is 5.73 Å². The Morgan fingerprint density at radius 1 is 1.35 bits per heavy atom. The molecule has 2 heterocycles. The van der Waals surface area contributed by atoms with E-state index in [9.17, 15) is 0 Å². The van der Waals surface area contributed by atoms with Gasteiger partial charge >= 0.3 is 0 Å². The molecule has 2 N–H and O–H groups in total. The molecule has 1 saturated heterocycles.